The van der Waals surface area contributed by atoms with Gasteiger partial charge in [0.15, 0.2) is 0 Å². The second-order valence-corrected chi connectivity index (χ2v) is 8.27. The van der Waals surface area contributed by atoms with Crippen molar-refractivity contribution in [2.75, 3.05) is 6.61 Å². The summed E-state index contributed by atoms with van der Waals surface area (Å²) in [5.74, 6) is 1.05. The van der Waals surface area contributed by atoms with E-state index < -0.39 is 0 Å². The van der Waals surface area contributed by atoms with Crippen LogP contribution in [0, 0.1) is 6.92 Å². The van der Waals surface area contributed by atoms with Crippen LogP contribution in [0.2, 0.25) is 0 Å². The van der Waals surface area contributed by atoms with Gasteiger partial charge >= 0.3 is 0 Å². The Morgan fingerprint density at radius 3 is 1.41 bits per heavy atom. The van der Waals surface area contributed by atoms with Crippen LogP contribution in [0.25, 0.3) is 0 Å². The first-order valence-corrected chi connectivity index (χ1v) is 12.0. The second kappa shape index (κ2) is 18.4. The number of hydrogen-bond donors (Lipinski definition) is 0. The van der Waals surface area contributed by atoms with Gasteiger partial charge < -0.3 is 4.74 Å². The monoisotopic (exact) mass is 374 g/mol. The van der Waals surface area contributed by atoms with Crippen LogP contribution in [0.15, 0.2) is 24.3 Å². The zero-order valence-electron chi connectivity index (χ0n) is 18.4. The molecule has 1 nitrogen and oxygen atoms in total. The Morgan fingerprint density at radius 2 is 0.963 bits per heavy atom. The molecule has 0 N–H and O–H groups in total. The van der Waals surface area contributed by atoms with E-state index in [1.165, 1.54) is 115 Å². The van der Waals surface area contributed by atoms with Gasteiger partial charge in [0.2, 0.25) is 0 Å². The van der Waals surface area contributed by atoms with E-state index in [0.717, 1.165) is 12.4 Å². The highest BCUT2D eigenvalue weighted by atomic mass is 16.5. The van der Waals surface area contributed by atoms with Crippen molar-refractivity contribution in [3.63, 3.8) is 0 Å². The quantitative estimate of drug-likeness (QED) is 0.219. The molecule has 156 valence electrons. The van der Waals surface area contributed by atoms with E-state index in [1.54, 1.807) is 0 Å². The molecule has 0 radical (unpaired) electrons. The third-order valence-corrected chi connectivity index (χ3v) is 5.60. The molecule has 0 atom stereocenters. The van der Waals surface area contributed by atoms with Gasteiger partial charge in [0.1, 0.15) is 5.75 Å². The van der Waals surface area contributed by atoms with Gasteiger partial charge in [-0.25, -0.2) is 0 Å². The molecule has 1 heteroatoms. The summed E-state index contributed by atoms with van der Waals surface area (Å²) in [6, 6.07) is 8.31. The molecule has 0 amide bonds. The molecule has 0 saturated heterocycles. The summed E-state index contributed by atoms with van der Waals surface area (Å²) >= 11 is 0. The summed E-state index contributed by atoms with van der Waals surface area (Å²) in [5.41, 5.74) is 1.24. The molecule has 0 aromatic heterocycles. The molecule has 1 rings (SSSR count). The Balaban J connectivity index is 1.73. The van der Waals surface area contributed by atoms with Crippen LogP contribution in [0.1, 0.15) is 122 Å². The van der Waals surface area contributed by atoms with Crippen LogP contribution < -0.4 is 4.74 Å². The highest BCUT2D eigenvalue weighted by Crippen LogP contribution is 2.17. The minimum Gasteiger partial charge on any atom is -0.493 e. The van der Waals surface area contributed by atoms with E-state index in [9.17, 15) is 0 Å². The lowest BCUT2D eigenvalue weighted by molar-refractivity contribution is 0.302. The third kappa shape index (κ3) is 14.7. The molecule has 0 fully saturated rings. The number of hydrogen-bond acceptors (Lipinski definition) is 1. The molecule has 0 bridgehead atoms. The maximum atomic E-state index is 5.86. The van der Waals surface area contributed by atoms with E-state index in [0.29, 0.717) is 0 Å². The molecular weight excluding hydrogens is 328 g/mol. The Labute approximate surface area is 170 Å². The van der Waals surface area contributed by atoms with E-state index in [1.807, 2.05) is 0 Å². The number of aryl methyl sites for hydroxylation is 1. The van der Waals surface area contributed by atoms with Crippen molar-refractivity contribution in [1.82, 2.24) is 0 Å². The van der Waals surface area contributed by atoms with E-state index in [4.69, 9.17) is 4.74 Å². The standard InChI is InChI=1S/C26H46O/c1-3-4-5-6-7-8-9-10-11-12-13-14-15-16-17-18-21-24-27-26-23-20-19-22-25(26)2/h19-20,22-23H,3-18,21,24H2,1-2H3. The van der Waals surface area contributed by atoms with Crippen molar-refractivity contribution in [1.29, 1.82) is 0 Å². The van der Waals surface area contributed by atoms with Crippen LogP contribution in [0.4, 0.5) is 0 Å². The first kappa shape index (κ1) is 24.1. The zero-order valence-corrected chi connectivity index (χ0v) is 18.4. The van der Waals surface area contributed by atoms with Crippen LogP contribution in [-0.4, -0.2) is 6.61 Å². The predicted octanol–water partition coefficient (Wildman–Crippen LogP) is 9.03. The maximum Gasteiger partial charge on any atom is 0.122 e. The van der Waals surface area contributed by atoms with Crippen LogP contribution in [0.3, 0.4) is 0 Å². The summed E-state index contributed by atoms with van der Waals surface area (Å²) in [6.45, 7) is 5.27. The van der Waals surface area contributed by atoms with Crippen molar-refractivity contribution in [2.45, 2.75) is 123 Å². The molecule has 0 heterocycles. The maximum absolute atomic E-state index is 5.86. The lowest BCUT2D eigenvalue weighted by Crippen LogP contribution is -1.98. The van der Waals surface area contributed by atoms with E-state index in [2.05, 4.69) is 38.1 Å². The smallest absolute Gasteiger partial charge is 0.122 e. The number of rotatable bonds is 19. The molecule has 0 unspecified atom stereocenters. The highest BCUT2D eigenvalue weighted by molar-refractivity contribution is 5.31. The topological polar surface area (TPSA) is 9.23 Å². The van der Waals surface area contributed by atoms with Crippen molar-refractivity contribution >= 4 is 0 Å². The first-order valence-electron chi connectivity index (χ1n) is 12.0. The summed E-state index contributed by atoms with van der Waals surface area (Å²) in [5, 5.41) is 0. The molecule has 0 aliphatic rings. The normalized spacial score (nSPS) is 11.0. The highest BCUT2D eigenvalue weighted by Gasteiger charge is 1.98. The average Bonchev–Trinajstić information content (AvgIpc) is 2.68. The first-order chi connectivity index (χ1) is 13.3. The van der Waals surface area contributed by atoms with E-state index in [-0.39, 0.29) is 0 Å². The Kier molecular flexibility index (Phi) is 16.4. The zero-order chi connectivity index (χ0) is 19.4. The van der Waals surface area contributed by atoms with Gasteiger partial charge in [-0.15, -0.1) is 0 Å². The molecule has 0 aliphatic carbocycles. The molecule has 1 aromatic carbocycles. The summed E-state index contributed by atoms with van der Waals surface area (Å²) in [6.07, 6.45) is 24.1. The third-order valence-electron chi connectivity index (χ3n) is 5.60. The van der Waals surface area contributed by atoms with Gasteiger partial charge in [-0.05, 0) is 25.0 Å². The number of benzene rings is 1. The van der Waals surface area contributed by atoms with Crippen LogP contribution >= 0.6 is 0 Å². The van der Waals surface area contributed by atoms with Crippen molar-refractivity contribution in [2.24, 2.45) is 0 Å². The van der Waals surface area contributed by atoms with Crippen LogP contribution in [-0.2, 0) is 0 Å². The van der Waals surface area contributed by atoms with Crippen molar-refractivity contribution in [3.8, 4) is 5.75 Å². The Bertz CT molecular complexity index is 426. The van der Waals surface area contributed by atoms with Gasteiger partial charge in [-0.1, -0.05) is 128 Å². The minimum absolute atomic E-state index is 0.865. The minimum atomic E-state index is 0.865. The number of ether oxygens (including phenoxy) is 1. The Hall–Kier alpha value is -0.980. The van der Waals surface area contributed by atoms with Gasteiger partial charge in [0.25, 0.3) is 0 Å². The second-order valence-electron chi connectivity index (χ2n) is 8.27. The largest absolute Gasteiger partial charge is 0.493 e. The Morgan fingerprint density at radius 1 is 0.556 bits per heavy atom. The van der Waals surface area contributed by atoms with E-state index >= 15 is 0 Å². The summed E-state index contributed by atoms with van der Waals surface area (Å²) < 4.78 is 5.86. The van der Waals surface area contributed by atoms with Gasteiger partial charge in [-0.3, -0.25) is 0 Å². The molecule has 27 heavy (non-hydrogen) atoms. The lowest BCUT2D eigenvalue weighted by atomic mass is 10.0. The number of unbranched alkanes of at least 4 members (excludes halogenated alkanes) is 16. The predicted molar refractivity (Wildman–Crippen MR) is 121 cm³/mol. The summed E-state index contributed by atoms with van der Waals surface area (Å²) in [7, 11) is 0. The molecule has 0 aliphatic heterocycles. The van der Waals surface area contributed by atoms with Crippen molar-refractivity contribution in [3.05, 3.63) is 29.8 Å². The fraction of sp³-hybridized carbons (Fsp3) is 0.769. The summed E-state index contributed by atoms with van der Waals surface area (Å²) in [4.78, 5) is 0. The molecule has 1 aromatic rings. The van der Waals surface area contributed by atoms with Gasteiger partial charge in [-0.2, -0.15) is 0 Å². The fourth-order valence-corrected chi connectivity index (χ4v) is 3.73. The van der Waals surface area contributed by atoms with Crippen molar-refractivity contribution < 1.29 is 4.74 Å². The average molecular weight is 375 g/mol. The molecule has 0 spiro atoms. The fourth-order valence-electron chi connectivity index (χ4n) is 3.73. The van der Waals surface area contributed by atoms with Crippen LogP contribution in [0.5, 0.6) is 5.75 Å². The number of para-hydroxylation sites is 1. The van der Waals surface area contributed by atoms with Gasteiger partial charge in [0.05, 0.1) is 6.61 Å². The SMILES string of the molecule is CCCCCCCCCCCCCCCCCCCOc1ccccc1C. The van der Waals surface area contributed by atoms with Gasteiger partial charge in [0, 0.05) is 0 Å². The molecular formula is C26H46O. The lowest BCUT2D eigenvalue weighted by Gasteiger charge is -2.08. The molecule has 0 saturated carbocycles.